The van der Waals surface area contributed by atoms with Crippen molar-refractivity contribution >= 4 is 34.3 Å². The quantitative estimate of drug-likeness (QED) is 0.562. The van der Waals surface area contributed by atoms with Gasteiger partial charge in [0.25, 0.3) is 0 Å². The summed E-state index contributed by atoms with van der Waals surface area (Å²) in [5, 5.41) is 4.05. The van der Waals surface area contributed by atoms with E-state index in [9.17, 15) is 4.79 Å². The molecule has 1 aliphatic heterocycles. The Labute approximate surface area is 165 Å². The first-order chi connectivity index (χ1) is 13.2. The van der Waals surface area contributed by atoms with Gasteiger partial charge in [-0.05, 0) is 22.9 Å². The molecule has 1 saturated heterocycles. The van der Waals surface area contributed by atoms with E-state index in [1.807, 2.05) is 46.0 Å². The molecule has 0 saturated carbocycles. The van der Waals surface area contributed by atoms with Crippen molar-refractivity contribution in [3.63, 3.8) is 0 Å². The smallest absolute Gasteiger partial charge is 0.238 e. The van der Waals surface area contributed by atoms with E-state index in [1.54, 1.807) is 44.0 Å². The van der Waals surface area contributed by atoms with Crippen molar-refractivity contribution in [1.82, 2.24) is 0 Å². The highest BCUT2D eigenvalue weighted by Crippen LogP contribution is 2.53. The van der Waals surface area contributed by atoms with Gasteiger partial charge in [0, 0.05) is 21.9 Å². The predicted molar refractivity (Wildman–Crippen MR) is 108 cm³/mol. The molecule has 0 aliphatic carbocycles. The zero-order valence-electron chi connectivity index (χ0n) is 15.2. The van der Waals surface area contributed by atoms with Gasteiger partial charge in [0.05, 0.1) is 39.0 Å². The Morgan fingerprint density at radius 3 is 1.96 bits per heavy atom. The largest absolute Gasteiger partial charge is 0.493 e. The molecule has 3 heterocycles. The van der Waals surface area contributed by atoms with E-state index in [2.05, 4.69) is 6.07 Å². The molecule has 0 N–H and O–H groups in total. The zero-order chi connectivity index (χ0) is 19.0. The first-order valence-corrected chi connectivity index (χ1v) is 10.2. The number of amides is 1. The van der Waals surface area contributed by atoms with Crippen molar-refractivity contribution in [1.29, 1.82) is 0 Å². The zero-order valence-corrected chi connectivity index (χ0v) is 16.8. The third kappa shape index (κ3) is 2.87. The lowest BCUT2D eigenvalue weighted by atomic mass is 9.84. The molecule has 0 spiro atoms. The molecule has 27 heavy (non-hydrogen) atoms. The van der Waals surface area contributed by atoms with Gasteiger partial charge in [0.2, 0.25) is 11.7 Å². The van der Waals surface area contributed by atoms with Crippen LogP contribution in [0.4, 0.5) is 5.69 Å². The van der Waals surface area contributed by atoms with Gasteiger partial charge < -0.3 is 19.1 Å². The number of hydrogen-bond donors (Lipinski definition) is 0. The molecule has 0 unspecified atom stereocenters. The second-order valence-electron chi connectivity index (χ2n) is 6.05. The molecule has 3 aromatic rings. The number of anilines is 1. The van der Waals surface area contributed by atoms with Gasteiger partial charge in [-0.25, -0.2) is 0 Å². The Bertz CT molecular complexity index is 912. The average molecular weight is 402 g/mol. The third-order valence-electron chi connectivity index (χ3n) is 4.71. The van der Waals surface area contributed by atoms with Crippen molar-refractivity contribution in [3.8, 4) is 17.2 Å². The molecular formula is C20H19NO4S2. The summed E-state index contributed by atoms with van der Waals surface area (Å²) in [7, 11) is 4.71. The van der Waals surface area contributed by atoms with Crippen molar-refractivity contribution in [2.75, 3.05) is 26.2 Å². The molecule has 5 nitrogen and oxygen atoms in total. The van der Waals surface area contributed by atoms with E-state index < -0.39 is 0 Å². The number of benzene rings is 1. The van der Waals surface area contributed by atoms with Gasteiger partial charge >= 0.3 is 0 Å². The summed E-state index contributed by atoms with van der Waals surface area (Å²) in [4.78, 5) is 17.2. The van der Waals surface area contributed by atoms with Gasteiger partial charge in [0.15, 0.2) is 11.5 Å². The first-order valence-electron chi connectivity index (χ1n) is 8.39. The van der Waals surface area contributed by atoms with E-state index in [4.69, 9.17) is 14.2 Å². The predicted octanol–water partition coefficient (Wildman–Crippen LogP) is 4.71. The van der Waals surface area contributed by atoms with E-state index in [0.717, 1.165) is 15.4 Å². The summed E-state index contributed by atoms with van der Waals surface area (Å²) < 4.78 is 16.3. The maximum atomic E-state index is 13.1. The number of β-lactam (4-membered cyclic amide) rings is 1. The van der Waals surface area contributed by atoms with Crippen LogP contribution in [0.1, 0.15) is 21.7 Å². The topological polar surface area (TPSA) is 48.0 Å². The summed E-state index contributed by atoms with van der Waals surface area (Å²) in [6.07, 6.45) is 0. The lowest BCUT2D eigenvalue weighted by Gasteiger charge is -2.46. The molecule has 7 heteroatoms. The monoisotopic (exact) mass is 401 g/mol. The molecule has 0 bridgehead atoms. The lowest BCUT2D eigenvalue weighted by molar-refractivity contribution is -0.126. The minimum absolute atomic E-state index is 0.0426. The molecule has 2 atom stereocenters. The molecular weight excluding hydrogens is 382 g/mol. The minimum Gasteiger partial charge on any atom is -0.493 e. The number of methoxy groups -OCH3 is 3. The summed E-state index contributed by atoms with van der Waals surface area (Å²) >= 11 is 3.28. The second-order valence-corrected chi connectivity index (χ2v) is 8.00. The molecule has 140 valence electrons. The van der Waals surface area contributed by atoms with Crippen LogP contribution in [0.5, 0.6) is 17.2 Å². The Morgan fingerprint density at radius 2 is 1.48 bits per heavy atom. The summed E-state index contributed by atoms with van der Waals surface area (Å²) in [5.41, 5.74) is 0.737. The summed E-state index contributed by atoms with van der Waals surface area (Å²) in [6, 6.07) is 11.7. The van der Waals surface area contributed by atoms with Crippen LogP contribution in [0.15, 0.2) is 47.2 Å². The maximum Gasteiger partial charge on any atom is 0.238 e. The Hall–Kier alpha value is -2.51. The van der Waals surface area contributed by atoms with Crippen LogP contribution in [0, 0.1) is 0 Å². The van der Waals surface area contributed by atoms with Crippen LogP contribution in [-0.2, 0) is 4.79 Å². The highest BCUT2D eigenvalue weighted by atomic mass is 32.1. The van der Waals surface area contributed by atoms with Gasteiger partial charge in [0.1, 0.15) is 0 Å². The second kappa shape index (κ2) is 7.25. The molecule has 1 fully saturated rings. The molecule has 1 amide bonds. The number of carbonyl (C=O) groups is 1. The first kappa shape index (κ1) is 17.9. The van der Waals surface area contributed by atoms with Gasteiger partial charge in [-0.1, -0.05) is 12.1 Å². The van der Waals surface area contributed by atoms with Gasteiger partial charge in [-0.2, -0.15) is 0 Å². The fraction of sp³-hybridized carbons (Fsp3) is 0.250. The Kier molecular flexibility index (Phi) is 4.80. The molecule has 1 aliphatic rings. The average Bonchev–Trinajstić information content (AvgIpc) is 3.39. The number of ether oxygens (including phenoxy) is 3. The summed E-state index contributed by atoms with van der Waals surface area (Å²) in [5.74, 6) is 1.49. The van der Waals surface area contributed by atoms with Crippen LogP contribution in [-0.4, -0.2) is 27.2 Å². The lowest BCUT2D eigenvalue weighted by Crippen LogP contribution is -2.53. The SMILES string of the molecule is COc1cc(N2C(=O)[C@H](c3cccs3)[C@H]2c2cccs2)cc(OC)c1OC. The minimum atomic E-state index is -0.164. The van der Waals surface area contributed by atoms with Crippen LogP contribution in [0.25, 0.3) is 0 Å². The maximum absolute atomic E-state index is 13.1. The van der Waals surface area contributed by atoms with Crippen LogP contribution < -0.4 is 19.1 Å². The normalized spacial score (nSPS) is 18.9. The van der Waals surface area contributed by atoms with Crippen molar-refractivity contribution in [3.05, 3.63) is 56.9 Å². The van der Waals surface area contributed by atoms with Crippen molar-refractivity contribution < 1.29 is 19.0 Å². The standard InChI is InChI=1S/C20H19NO4S2/c1-23-13-10-12(11-14(24-2)19(13)25-3)21-18(16-7-5-9-27-16)17(20(21)22)15-6-4-8-26-15/h4-11,17-18H,1-3H3/t17-,18-/m1/s1. The number of carbonyl (C=O) groups excluding carboxylic acids is 1. The highest BCUT2D eigenvalue weighted by Gasteiger charge is 2.51. The highest BCUT2D eigenvalue weighted by molar-refractivity contribution is 7.10. The van der Waals surface area contributed by atoms with E-state index in [0.29, 0.717) is 17.2 Å². The number of thiophene rings is 2. The number of rotatable bonds is 6. The van der Waals surface area contributed by atoms with Gasteiger partial charge in [-0.3, -0.25) is 4.79 Å². The fourth-order valence-corrected chi connectivity index (χ4v) is 5.18. The third-order valence-corrected chi connectivity index (χ3v) is 6.61. The van der Waals surface area contributed by atoms with Crippen molar-refractivity contribution in [2.24, 2.45) is 0 Å². The van der Waals surface area contributed by atoms with E-state index in [-0.39, 0.29) is 17.9 Å². The molecule has 4 rings (SSSR count). The molecule has 0 radical (unpaired) electrons. The van der Waals surface area contributed by atoms with Gasteiger partial charge in [-0.15, -0.1) is 22.7 Å². The summed E-state index contributed by atoms with van der Waals surface area (Å²) in [6.45, 7) is 0. The number of nitrogens with zero attached hydrogens (tertiary/aromatic N) is 1. The molecule has 1 aromatic carbocycles. The van der Waals surface area contributed by atoms with Crippen LogP contribution in [0.3, 0.4) is 0 Å². The Morgan fingerprint density at radius 1 is 0.889 bits per heavy atom. The van der Waals surface area contributed by atoms with Crippen LogP contribution in [0.2, 0.25) is 0 Å². The van der Waals surface area contributed by atoms with Crippen molar-refractivity contribution in [2.45, 2.75) is 12.0 Å². The molecule has 2 aromatic heterocycles. The van der Waals surface area contributed by atoms with Crippen LogP contribution >= 0.6 is 22.7 Å². The Balaban J connectivity index is 1.80. The fourth-order valence-electron chi connectivity index (χ4n) is 3.48. The number of hydrogen-bond acceptors (Lipinski definition) is 6. The van der Waals surface area contributed by atoms with E-state index >= 15 is 0 Å². The van der Waals surface area contributed by atoms with E-state index in [1.165, 1.54) is 0 Å².